The molecule has 1 aliphatic heterocycles. The number of nitrogens with one attached hydrogen (secondary N) is 1. The third kappa shape index (κ3) is 4.15. The van der Waals surface area contributed by atoms with Crippen LogP contribution in [0.2, 0.25) is 5.02 Å². The Balaban J connectivity index is 1.71. The van der Waals surface area contributed by atoms with Gasteiger partial charge in [-0.05, 0) is 59.8 Å². The maximum atomic E-state index is 12.5. The molecule has 3 rings (SSSR count). The minimum absolute atomic E-state index is 0.0990. The normalized spacial score (nSPS) is 15.8. The van der Waals surface area contributed by atoms with Crippen LogP contribution in [0.3, 0.4) is 0 Å². The third-order valence-electron chi connectivity index (χ3n) is 3.55. The van der Waals surface area contributed by atoms with Crippen LogP contribution in [-0.4, -0.2) is 29.8 Å². The number of amides is 2. The molecule has 0 saturated carbocycles. The fraction of sp³-hybridized carbons (Fsp3) is 0.111. The molecule has 25 heavy (non-hydrogen) atoms. The zero-order chi connectivity index (χ0) is 17.8. The van der Waals surface area contributed by atoms with Crippen molar-refractivity contribution in [3.05, 3.63) is 64.0 Å². The lowest BCUT2D eigenvalue weighted by Crippen LogP contribution is -2.33. The van der Waals surface area contributed by atoms with Gasteiger partial charge in [0.1, 0.15) is 5.75 Å². The number of carbonyl (C=O) groups excluding carboxylic acids is 2. The summed E-state index contributed by atoms with van der Waals surface area (Å²) in [4.78, 5) is 26.2. The van der Waals surface area contributed by atoms with Crippen molar-refractivity contribution in [2.24, 2.45) is 0 Å². The number of thioether (sulfide) groups is 1. The van der Waals surface area contributed by atoms with Crippen molar-refractivity contribution in [1.82, 2.24) is 4.90 Å². The molecule has 1 aliphatic rings. The SMILES string of the molecule is COc1cccc(C=C2SC(=O)N(CNc3ccc(Cl)cc3)C2=O)c1. The smallest absolute Gasteiger partial charge is 0.295 e. The van der Waals surface area contributed by atoms with E-state index in [1.807, 2.05) is 18.2 Å². The molecule has 1 N–H and O–H groups in total. The number of carbonyl (C=O) groups is 2. The summed E-state index contributed by atoms with van der Waals surface area (Å²) in [6.07, 6.45) is 1.69. The summed E-state index contributed by atoms with van der Waals surface area (Å²) in [6.45, 7) is 0.0990. The summed E-state index contributed by atoms with van der Waals surface area (Å²) in [7, 11) is 1.58. The lowest BCUT2D eigenvalue weighted by molar-refractivity contribution is -0.122. The van der Waals surface area contributed by atoms with Gasteiger partial charge in [-0.25, -0.2) is 0 Å². The summed E-state index contributed by atoms with van der Waals surface area (Å²) >= 11 is 6.76. The van der Waals surface area contributed by atoms with Gasteiger partial charge in [-0.3, -0.25) is 14.5 Å². The van der Waals surface area contributed by atoms with Crippen molar-refractivity contribution in [2.45, 2.75) is 0 Å². The molecule has 1 heterocycles. The highest BCUT2D eigenvalue weighted by Crippen LogP contribution is 2.32. The number of methoxy groups -OCH3 is 1. The average Bonchev–Trinajstić information content (AvgIpc) is 2.88. The second-order valence-electron chi connectivity index (χ2n) is 5.23. The van der Waals surface area contributed by atoms with E-state index < -0.39 is 0 Å². The quantitative estimate of drug-likeness (QED) is 0.783. The lowest BCUT2D eigenvalue weighted by Gasteiger charge is -2.14. The molecule has 7 heteroatoms. The van der Waals surface area contributed by atoms with Gasteiger partial charge in [0.25, 0.3) is 11.1 Å². The Bertz CT molecular complexity index is 836. The second kappa shape index (κ2) is 7.63. The van der Waals surface area contributed by atoms with Crippen LogP contribution in [0.1, 0.15) is 5.56 Å². The topological polar surface area (TPSA) is 58.6 Å². The minimum Gasteiger partial charge on any atom is -0.497 e. The van der Waals surface area contributed by atoms with Gasteiger partial charge < -0.3 is 10.1 Å². The molecule has 2 aromatic rings. The molecule has 0 bridgehead atoms. The van der Waals surface area contributed by atoms with Crippen molar-refractivity contribution in [2.75, 3.05) is 19.1 Å². The zero-order valence-corrected chi connectivity index (χ0v) is 14.9. The number of benzene rings is 2. The summed E-state index contributed by atoms with van der Waals surface area (Å²) in [5, 5.41) is 3.36. The fourth-order valence-electron chi connectivity index (χ4n) is 2.26. The van der Waals surface area contributed by atoms with Crippen molar-refractivity contribution in [3.8, 4) is 5.75 Å². The number of hydrogen-bond acceptors (Lipinski definition) is 5. The van der Waals surface area contributed by atoms with E-state index in [1.165, 1.54) is 4.90 Å². The first kappa shape index (κ1) is 17.4. The van der Waals surface area contributed by atoms with Crippen LogP contribution in [-0.2, 0) is 4.79 Å². The molecule has 1 fully saturated rings. The highest BCUT2D eigenvalue weighted by atomic mass is 35.5. The van der Waals surface area contributed by atoms with E-state index in [0.717, 1.165) is 23.0 Å². The highest BCUT2D eigenvalue weighted by molar-refractivity contribution is 8.18. The first-order valence-electron chi connectivity index (χ1n) is 7.45. The van der Waals surface area contributed by atoms with Gasteiger partial charge in [-0.1, -0.05) is 23.7 Å². The van der Waals surface area contributed by atoms with Gasteiger partial charge >= 0.3 is 0 Å². The number of rotatable bonds is 5. The molecule has 0 unspecified atom stereocenters. The number of hydrogen-bond donors (Lipinski definition) is 1. The van der Waals surface area contributed by atoms with Crippen molar-refractivity contribution >= 4 is 46.3 Å². The molecule has 128 valence electrons. The Labute approximate surface area is 154 Å². The van der Waals surface area contributed by atoms with Crippen LogP contribution in [0.15, 0.2) is 53.4 Å². The van der Waals surface area contributed by atoms with Crippen molar-refractivity contribution in [1.29, 1.82) is 0 Å². The van der Waals surface area contributed by atoms with Crippen LogP contribution in [0.5, 0.6) is 5.75 Å². The van der Waals surface area contributed by atoms with E-state index in [-0.39, 0.29) is 17.8 Å². The van der Waals surface area contributed by atoms with E-state index >= 15 is 0 Å². The third-order valence-corrected chi connectivity index (χ3v) is 4.71. The Hall–Kier alpha value is -2.44. The van der Waals surface area contributed by atoms with Gasteiger partial charge in [0.15, 0.2) is 0 Å². The van der Waals surface area contributed by atoms with E-state index in [9.17, 15) is 9.59 Å². The predicted octanol–water partition coefficient (Wildman–Crippen LogP) is 4.45. The number of nitrogens with zero attached hydrogens (tertiary/aromatic N) is 1. The Kier molecular flexibility index (Phi) is 5.31. The van der Waals surface area contributed by atoms with Crippen LogP contribution in [0, 0.1) is 0 Å². The van der Waals surface area contributed by atoms with E-state index in [4.69, 9.17) is 16.3 Å². The molecule has 0 spiro atoms. The monoisotopic (exact) mass is 374 g/mol. The number of anilines is 1. The molecule has 5 nitrogen and oxygen atoms in total. The summed E-state index contributed by atoms with van der Waals surface area (Å²) in [5.41, 5.74) is 1.58. The summed E-state index contributed by atoms with van der Waals surface area (Å²) < 4.78 is 5.17. The van der Waals surface area contributed by atoms with Crippen LogP contribution in [0.4, 0.5) is 10.5 Å². The zero-order valence-electron chi connectivity index (χ0n) is 13.4. The molecule has 0 radical (unpaired) electrons. The highest BCUT2D eigenvalue weighted by Gasteiger charge is 2.34. The minimum atomic E-state index is -0.320. The number of halogens is 1. The van der Waals surface area contributed by atoms with Gasteiger partial charge in [0.2, 0.25) is 0 Å². The Morgan fingerprint density at radius 3 is 2.68 bits per heavy atom. The predicted molar refractivity (Wildman–Crippen MR) is 101 cm³/mol. The molecule has 0 atom stereocenters. The van der Waals surface area contributed by atoms with E-state index in [2.05, 4.69) is 5.32 Å². The summed E-state index contributed by atoms with van der Waals surface area (Å²) in [6, 6.07) is 14.3. The molecule has 0 aliphatic carbocycles. The van der Waals surface area contributed by atoms with Crippen LogP contribution < -0.4 is 10.1 Å². The molecular weight excluding hydrogens is 360 g/mol. The van der Waals surface area contributed by atoms with Gasteiger partial charge in [0, 0.05) is 10.7 Å². The molecule has 0 aromatic heterocycles. The standard InChI is InChI=1S/C18H15ClN2O3S/c1-24-15-4-2-3-12(9-15)10-16-17(22)21(18(23)25-16)11-20-14-7-5-13(19)6-8-14/h2-10,20H,11H2,1H3. The van der Waals surface area contributed by atoms with Crippen LogP contribution >= 0.6 is 23.4 Å². The average molecular weight is 375 g/mol. The Morgan fingerprint density at radius 1 is 1.20 bits per heavy atom. The summed E-state index contributed by atoms with van der Waals surface area (Å²) in [5.74, 6) is 0.372. The second-order valence-corrected chi connectivity index (χ2v) is 6.66. The van der Waals surface area contributed by atoms with Gasteiger partial charge in [-0.2, -0.15) is 0 Å². The molecular formula is C18H15ClN2O3S. The molecule has 2 aromatic carbocycles. The maximum Gasteiger partial charge on any atom is 0.295 e. The fourth-order valence-corrected chi connectivity index (χ4v) is 3.22. The van der Waals surface area contributed by atoms with Crippen molar-refractivity contribution in [3.63, 3.8) is 0 Å². The van der Waals surface area contributed by atoms with E-state index in [0.29, 0.717) is 15.7 Å². The van der Waals surface area contributed by atoms with Gasteiger partial charge in [-0.15, -0.1) is 0 Å². The first-order chi connectivity index (χ1) is 12.1. The largest absolute Gasteiger partial charge is 0.497 e. The van der Waals surface area contributed by atoms with Crippen molar-refractivity contribution < 1.29 is 14.3 Å². The van der Waals surface area contributed by atoms with Gasteiger partial charge in [0.05, 0.1) is 18.7 Å². The Morgan fingerprint density at radius 2 is 1.96 bits per heavy atom. The van der Waals surface area contributed by atoms with E-state index in [1.54, 1.807) is 43.5 Å². The number of imide groups is 1. The lowest BCUT2D eigenvalue weighted by atomic mass is 10.2. The molecule has 2 amide bonds. The number of ether oxygens (including phenoxy) is 1. The van der Waals surface area contributed by atoms with Crippen LogP contribution in [0.25, 0.3) is 6.08 Å². The first-order valence-corrected chi connectivity index (χ1v) is 8.65. The molecule has 1 saturated heterocycles. The maximum absolute atomic E-state index is 12.5.